The van der Waals surface area contributed by atoms with Crippen LogP contribution in [0.1, 0.15) is 20.3 Å². The van der Waals surface area contributed by atoms with Gasteiger partial charge in [-0.3, -0.25) is 0 Å². The highest BCUT2D eigenvalue weighted by Gasteiger charge is 2.20. The normalized spacial score (nSPS) is 12.8. The lowest BCUT2D eigenvalue weighted by molar-refractivity contribution is -0.138. The average Bonchev–Trinajstić information content (AvgIpc) is 2.76. The summed E-state index contributed by atoms with van der Waals surface area (Å²) >= 11 is 1.51. The van der Waals surface area contributed by atoms with E-state index in [2.05, 4.69) is 15.3 Å². The SMILES string of the molecule is CC(C)CC(Nc1ncnc2ccsc12)C(=O)O. The number of carboxylic acid groups (broad SMARTS) is 1. The van der Waals surface area contributed by atoms with Gasteiger partial charge in [0.1, 0.15) is 18.2 Å². The summed E-state index contributed by atoms with van der Waals surface area (Å²) in [6, 6.07) is 1.27. The molecule has 0 radical (unpaired) electrons. The molecule has 2 aromatic heterocycles. The van der Waals surface area contributed by atoms with Gasteiger partial charge in [-0.2, -0.15) is 0 Å². The molecule has 0 amide bonds. The van der Waals surface area contributed by atoms with Gasteiger partial charge in [0.05, 0.1) is 10.2 Å². The number of aliphatic carboxylic acids is 1. The number of hydrogen-bond donors (Lipinski definition) is 2. The zero-order chi connectivity index (χ0) is 13.1. The van der Waals surface area contributed by atoms with Gasteiger partial charge in [0.25, 0.3) is 0 Å². The molecule has 2 heterocycles. The van der Waals surface area contributed by atoms with E-state index in [1.165, 1.54) is 17.7 Å². The van der Waals surface area contributed by atoms with E-state index in [0.29, 0.717) is 18.2 Å². The number of anilines is 1. The maximum atomic E-state index is 11.2. The minimum Gasteiger partial charge on any atom is -0.480 e. The van der Waals surface area contributed by atoms with Crippen molar-refractivity contribution in [2.24, 2.45) is 5.92 Å². The molecule has 0 aliphatic heterocycles. The van der Waals surface area contributed by atoms with E-state index in [4.69, 9.17) is 0 Å². The van der Waals surface area contributed by atoms with Gasteiger partial charge in [0.2, 0.25) is 0 Å². The molecule has 0 fully saturated rings. The molecule has 0 aliphatic carbocycles. The van der Waals surface area contributed by atoms with Crippen LogP contribution in [0, 0.1) is 5.92 Å². The highest BCUT2D eigenvalue weighted by molar-refractivity contribution is 7.17. The zero-order valence-electron chi connectivity index (χ0n) is 10.3. The van der Waals surface area contributed by atoms with Crippen LogP contribution in [0.5, 0.6) is 0 Å². The second-order valence-corrected chi connectivity index (χ2v) is 5.44. The number of carboxylic acids is 1. The summed E-state index contributed by atoms with van der Waals surface area (Å²) in [5.41, 5.74) is 0.839. The van der Waals surface area contributed by atoms with E-state index < -0.39 is 12.0 Å². The molecular weight excluding hydrogens is 250 g/mol. The lowest BCUT2D eigenvalue weighted by Gasteiger charge is -2.17. The second kappa shape index (κ2) is 5.30. The third kappa shape index (κ3) is 2.76. The van der Waals surface area contributed by atoms with E-state index in [1.807, 2.05) is 25.3 Å². The van der Waals surface area contributed by atoms with Crippen LogP contribution in [0.4, 0.5) is 5.82 Å². The van der Waals surface area contributed by atoms with Crippen LogP contribution in [0.3, 0.4) is 0 Å². The summed E-state index contributed by atoms with van der Waals surface area (Å²) < 4.78 is 0.896. The second-order valence-electron chi connectivity index (χ2n) is 4.52. The molecule has 18 heavy (non-hydrogen) atoms. The van der Waals surface area contributed by atoms with Crippen molar-refractivity contribution in [2.45, 2.75) is 26.3 Å². The smallest absolute Gasteiger partial charge is 0.326 e. The monoisotopic (exact) mass is 265 g/mol. The van der Waals surface area contributed by atoms with Crippen LogP contribution in [0.2, 0.25) is 0 Å². The molecule has 2 rings (SSSR count). The standard InChI is InChI=1S/C12H15N3O2S/c1-7(2)5-9(12(16)17)15-11-10-8(3-4-18-10)13-6-14-11/h3-4,6-7,9H,5H2,1-2H3,(H,16,17)(H,13,14,15). The first-order valence-electron chi connectivity index (χ1n) is 5.75. The van der Waals surface area contributed by atoms with Gasteiger partial charge in [-0.25, -0.2) is 14.8 Å². The van der Waals surface area contributed by atoms with E-state index in [0.717, 1.165) is 10.2 Å². The molecule has 0 saturated heterocycles. The van der Waals surface area contributed by atoms with Crippen molar-refractivity contribution in [3.8, 4) is 0 Å². The van der Waals surface area contributed by atoms with Gasteiger partial charge in [-0.1, -0.05) is 13.8 Å². The number of aromatic nitrogens is 2. The molecule has 1 atom stereocenters. The third-order valence-electron chi connectivity index (χ3n) is 2.56. The zero-order valence-corrected chi connectivity index (χ0v) is 11.1. The fourth-order valence-electron chi connectivity index (χ4n) is 1.75. The molecule has 0 aromatic carbocycles. The molecule has 96 valence electrons. The topological polar surface area (TPSA) is 75.1 Å². The number of rotatable bonds is 5. The number of nitrogens with zero attached hydrogens (tertiary/aromatic N) is 2. The van der Waals surface area contributed by atoms with Crippen molar-refractivity contribution in [2.75, 3.05) is 5.32 Å². The highest BCUT2D eigenvalue weighted by Crippen LogP contribution is 2.26. The van der Waals surface area contributed by atoms with E-state index in [-0.39, 0.29) is 0 Å². The van der Waals surface area contributed by atoms with Crippen LogP contribution in [0.25, 0.3) is 10.2 Å². The predicted octanol–water partition coefficient (Wildman–Crippen LogP) is 2.60. The molecule has 0 saturated carbocycles. The summed E-state index contributed by atoms with van der Waals surface area (Å²) in [6.45, 7) is 4.00. The highest BCUT2D eigenvalue weighted by atomic mass is 32.1. The fraction of sp³-hybridized carbons (Fsp3) is 0.417. The van der Waals surface area contributed by atoms with Crippen molar-refractivity contribution in [3.63, 3.8) is 0 Å². The fourth-order valence-corrected chi connectivity index (χ4v) is 2.55. The van der Waals surface area contributed by atoms with Crippen LogP contribution in [-0.2, 0) is 4.79 Å². The van der Waals surface area contributed by atoms with Gasteiger partial charge in [0, 0.05) is 0 Å². The summed E-state index contributed by atoms with van der Waals surface area (Å²) in [6.07, 6.45) is 2.01. The molecular formula is C12H15N3O2S. The summed E-state index contributed by atoms with van der Waals surface area (Å²) in [7, 11) is 0. The van der Waals surface area contributed by atoms with Crippen LogP contribution in [0.15, 0.2) is 17.8 Å². The Morgan fingerprint density at radius 3 is 2.94 bits per heavy atom. The Bertz CT molecular complexity index is 553. The molecule has 2 aromatic rings. The molecule has 0 bridgehead atoms. The molecule has 0 aliphatic rings. The number of nitrogens with one attached hydrogen (secondary N) is 1. The van der Waals surface area contributed by atoms with Gasteiger partial charge < -0.3 is 10.4 Å². The number of fused-ring (bicyclic) bond motifs is 1. The average molecular weight is 265 g/mol. The van der Waals surface area contributed by atoms with Crippen molar-refractivity contribution < 1.29 is 9.90 Å². The first kappa shape index (κ1) is 12.8. The molecule has 0 spiro atoms. The Balaban J connectivity index is 2.25. The summed E-state index contributed by atoms with van der Waals surface area (Å²) in [5.74, 6) is 0.0503. The summed E-state index contributed by atoms with van der Waals surface area (Å²) in [4.78, 5) is 19.5. The molecule has 1 unspecified atom stereocenters. The van der Waals surface area contributed by atoms with E-state index >= 15 is 0 Å². The van der Waals surface area contributed by atoms with Crippen molar-refractivity contribution in [3.05, 3.63) is 17.8 Å². The molecule has 5 nitrogen and oxygen atoms in total. The minimum atomic E-state index is -0.855. The third-order valence-corrected chi connectivity index (χ3v) is 3.47. The van der Waals surface area contributed by atoms with Gasteiger partial charge >= 0.3 is 5.97 Å². The van der Waals surface area contributed by atoms with Gasteiger partial charge in [0.15, 0.2) is 0 Å². The van der Waals surface area contributed by atoms with Gasteiger partial charge in [-0.05, 0) is 23.8 Å². The Morgan fingerprint density at radius 1 is 1.50 bits per heavy atom. The van der Waals surface area contributed by atoms with Crippen molar-refractivity contribution in [1.82, 2.24) is 9.97 Å². The van der Waals surface area contributed by atoms with Gasteiger partial charge in [-0.15, -0.1) is 11.3 Å². The lowest BCUT2D eigenvalue weighted by Crippen LogP contribution is -2.31. The number of thiophene rings is 1. The Morgan fingerprint density at radius 2 is 2.28 bits per heavy atom. The maximum Gasteiger partial charge on any atom is 0.326 e. The Labute approximate surface area is 109 Å². The quantitative estimate of drug-likeness (QED) is 0.869. The molecule has 2 N–H and O–H groups in total. The summed E-state index contributed by atoms with van der Waals surface area (Å²) in [5, 5.41) is 14.1. The number of hydrogen-bond acceptors (Lipinski definition) is 5. The molecule has 6 heteroatoms. The first-order valence-corrected chi connectivity index (χ1v) is 6.63. The lowest BCUT2D eigenvalue weighted by atomic mass is 10.0. The largest absolute Gasteiger partial charge is 0.480 e. The van der Waals surface area contributed by atoms with E-state index in [1.54, 1.807) is 0 Å². The number of carbonyl (C=O) groups is 1. The predicted molar refractivity (Wildman–Crippen MR) is 71.9 cm³/mol. The first-order chi connectivity index (χ1) is 8.58. The van der Waals surface area contributed by atoms with E-state index in [9.17, 15) is 9.90 Å². The van der Waals surface area contributed by atoms with Crippen LogP contribution < -0.4 is 5.32 Å². The van der Waals surface area contributed by atoms with Crippen LogP contribution in [-0.4, -0.2) is 27.1 Å². The Kier molecular flexibility index (Phi) is 3.76. The van der Waals surface area contributed by atoms with Crippen molar-refractivity contribution >= 4 is 33.3 Å². The maximum absolute atomic E-state index is 11.2. The van der Waals surface area contributed by atoms with Crippen LogP contribution >= 0.6 is 11.3 Å². The minimum absolute atomic E-state index is 0.305. The Hall–Kier alpha value is -1.69. The van der Waals surface area contributed by atoms with Crippen molar-refractivity contribution in [1.29, 1.82) is 0 Å².